The molecule has 1 heterocycles. The Balaban J connectivity index is 2.71. The first-order valence-electron chi connectivity index (χ1n) is 5.31. The largest absolute Gasteiger partial charge is 0.381 e. The van der Waals surface area contributed by atoms with E-state index < -0.39 is 11.7 Å². The summed E-state index contributed by atoms with van der Waals surface area (Å²) < 4.78 is 18.7. The summed E-state index contributed by atoms with van der Waals surface area (Å²) in [4.78, 5) is 16.8. The average molecular weight is 241 g/mol. The van der Waals surface area contributed by atoms with Crippen molar-refractivity contribution in [1.29, 1.82) is 0 Å². The van der Waals surface area contributed by atoms with Crippen molar-refractivity contribution in [1.82, 2.24) is 9.88 Å². The van der Waals surface area contributed by atoms with Crippen LogP contribution < -0.4 is 5.73 Å². The lowest BCUT2D eigenvalue weighted by molar-refractivity contribution is 0.0705. The molecule has 0 aliphatic rings. The zero-order chi connectivity index (χ0) is 12.8. The quantitative estimate of drug-likeness (QED) is 0.778. The third kappa shape index (κ3) is 3.39. The van der Waals surface area contributed by atoms with Gasteiger partial charge in [0.25, 0.3) is 5.91 Å². The van der Waals surface area contributed by atoms with E-state index in [4.69, 9.17) is 10.5 Å². The minimum atomic E-state index is -0.777. The molecule has 17 heavy (non-hydrogen) atoms. The molecule has 0 unspecified atom stereocenters. The van der Waals surface area contributed by atoms with Crippen LogP contribution in [0.2, 0.25) is 0 Å². The molecule has 0 atom stereocenters. The first-order chi connectivity index (χ1) is 8.07. The van der Waals surface area contributed by atoms with E-state index in [-0.39, 0.29) is 11.4 Å². The fourth-order valence-corrected chi connectivity index (χ4v) is 1.28. The third-order valence-corrected chi connectivity index (χ3v) is 2.27. The minimum Gasteiger partial charge on any atom is -0.381 e. The molecule has 0 radical (unpaired) electrons. The highest BCUT2D eigenvalue weighted by Gasteiger charge is 2.17. The van der Waals surface area contributed by atoms with Crippen LogP contribution in [0.4, 0.5) is 10.2 Å². The number of hydrogen-bond acceptors (Lipinski definition) is 4. The summed E-state index contributed by atoms with van der Waals surface area (Å²) in [5.41, 5.74) is 5.23. The second kappa shape index (κ2) is 6.15. The maximum atomic E-state index is 13.5. The number of carbonyl (C=O) groups is 1. The molecule has 0 saturated heterocycles. The van der Waals surface area contributed by atoms with Gasteiger partial charge in [-0.3, -0.25) is 4.79 Å². The van der Waals surface area contributed by atoms with Gasteiger partial charge in [0, 0.05) is 26.4 Å². The van der Waals surface area contributed by atoms with E-state index in [0.29, 0.717) is 19.8 Å². The number of nitrogen functional groups attached to an aromatic ring is 1. The molecule has 0 fully saturated rings. The summed E-state index contributed by atoms with van der Waals surface area (Å²) in [5.74, 6) is -1.48. The van der Waals surface area contributed by atoms with Crippen LogP contribution in [0.5, 0.6) is 0 Å². The Hall–Kier alpha value is -1.69. The summed E-state index contributed by atoms with van der Waals surface area (Å²) in [6.45, 7) is 3.26. The van der Waals surface area contributed by atoms with Gasteiger partial charge in [0.05, 0.1) is 12.2 Å². The fourth-order valence-electron chi connectivity index (χ4n) is 1.28. The second-order valence-electron chi connectivity index (χ2n) is 3.48. The van der Waals surface area contributed by atoms with Gasteiger partial charge < -0.3 is 15.4 Å². The molecular formula is C11H16FN3O2. The monoisotopic (exact) mass is 241 g/mol. The van der Waals surface area contributed by atoms with Gasteiger partial charge in [-0.15, -0.1) is 0 Å². The Labute approximate surface area is 99.4 Å². The van der Waals surface area contributed by atoms with Gasteiger partial charge in [0.1, 0.15) is 0 Å². The molecule has 5 nitrogen and oxygen atoms in total. The van der Waals surface area contributed by atoms with Crippen LogP contribution in [0, 0.1) is 5.82 Å². The highest BCUT2D eigenvalue weighted by molar-refractivity contribution is 5.94. The van der Waals surface area contributed by atoms with Crippen molar-refractivity contribution >= 4 is 11.7 Å². The van der Waals surface area contributed by atoms with Crippen LogP contribution in [-0.4, -0.2) is 42.6 Å². The molecule has 0 saturated carbocycles. The lowest BCUT2D eigenvalue weighted by Crippen LogP contribution is -2.31. The molecule has 1 rings (SSSR count). The molecule has 0 aromatic carbocycles. The number of carbonyl (C=O) groups excluding carboxylic acids is 1. The number of pyridine rings is 1. The van der Waals surface area contributed by atoms with E-state index in [1.54, 1.807) is 7.05 Å². The number of amides is 1. The summed E-state index contributed by atoms with van der Waals surface area (Å²) in [5, 5.41) is 0. The van der Waals surface area contributed by atoms with Gasteiger partial charge in [-0.25, -0.2) is 9.37 Å². The van der Waals surface area contributed by atoms with Crippen LogP contribution in [-0.2, 0) is 4.74 Å². The number of likely N-dealkylation sites (N-methyl/N-ethyl adjacent to an activating group) is 1. The molecule has 0 aliphatic heterocycles. The number of nitrogens with zero attached hydrogens (tertiary/aromatic N) is 2. The average Bonchev–Trinajstić information content (AvgIpc) is 2.32. The molecule has 0 aliphatic carbocycles. The van der Waals surface area contributed by atoms with E-state index >= 15 is 0 Å². The molecule has 0 bridgehead atoms. The van der Waals surface area contributed by atoms with Crippen molar-refractivity contribution in [3.8, 4) is 0 Å². The van der Waals surface area contributed by atoms with E-state index in [9.17, 15) is 9.18 Å². The zero-order valence-electron chi connectivity index (χ0n) is 9.94. The standard InChI is InChI=1S/C11H16FN3O2/c1-3-17-7-6-15(2)11(16)8-4-5-14-10(13)9(8)12/h4-5H,3,6-7H2,1-2H3,(H2,13,14). The molecule has 0 spiro atoms. The Morgan fingerprint density at radius 1 is 1.65 bits per heavy atom. The van der Waals surface area contributed by atoms with Crippen molar-refractivity contribution in [2.24, 2.45) is 0 Å². The van der Waals surface area contributed by atoms with Gasteiger partial charge in [0.2, 0.25) is 0 Å². The van der Waals surface area contributed by atoms with Crippen molar-refractivity contribution in [2.45, 2.75) is 6.92 Å². The number of hydrogen-bond donors (Lipinski definition) is 1. The van der Waals surface area contributed by atoms with Gasteiger partial charge in [-0.05, 0) is 13.0 Å². The maximum Gasteiger partial charge on any atom is 0.256 e. The van der Waals surface area contributed by atoms with Gasteiger partial charge in [0.15, 0.2) is 11.6 Å². The lowest BCUT2D eigenvalue weighted by atomic mass is 10.2. The maximum absolute atomic E-state index is 13.5. The van der Waals surface area contributed by atoms with E-state index in [1.807, 2.05) is 6.92 Å². The Morgan fingerprint density at radius 2 is 2.35 bits per heavy atom. The molecule has 6 heteroatoms. The smallest absolute Gasteiger partial charge is 0.256 e. The zero-order valence-corrected chi connectivity index (χ0v) is 9.94. The number of halogens is 1. The van der Waals surface area contributed by atoms with Crippen molar-refractivity contribution in [3.05, 3.63) is 23.6 Å². The molecule has 1 amide bonds. The van der Waals surface area contributed by atoms with Crippen molar-refractivity contribution < 1.29 is 13.9 Å². The summed E-state index contributed by atoms with van der Waals surface area (Å²) in [7, 11) is 1.58. The number of nitrogens with two attached hydrogens (primary N) is 1. The van der Waals surface area contributed by atoms with Crippen LogP contribution in [0.25, 0.3) is 0 Å². The SMILES string of the molecule is CCOCCN(C)C(=O)c1ccnc(N)c1F. The summed E-state index contributed by atoms with van der Waals surface area (Å²) >= 11 is 0. The van der Waals surface area contributed by atoms with Crippen LogP contribution in [0.15, 0.2) is 12.3 Å². The molecule has 2 N–H and O–H groups in total. The van der Waals surface area contributed by atoms with Gasteiger partial charge in [-0.2, -0.15) is 0 Å². The van der Waals surface area contributed by atoms with Gasteiger partial charge in [-0.1, -0.05) is 0 Å². The molecule has 1 aromatic heterocycles. The fraction of sp³-hybridized carbons (Fsp3) is 0.455. The lowest BCUT2D eigenvalue weighted by Gasteiger charge is -2.17. The van der Waals surface area contributed by atoms with Crippen LogP contribution >= 0.6 is 0 Å². The summed E-state index contributed by atoms with van der Waals surface area (Å²) in [6, 6.07) is 1.31. The third-order valence-electron chi connectivity index (χ3n) is 2.27. The predicted octanol–water partition coefficient (Wildman–Crippen LogP) is 0.911. The van der Waals surface area contributed by atoms with Gasteiger partial charge >= 0.3 is 0 Å². The first kappa shape index (κ1) is 13.4. The van der Waals surface area contributed by atoms with Crippen LogP contribution in [0.1, 0.15) is 17.3 Å². The predicted molar refractivity (Wildman–Crippen MR) is 62.1 cm³/mol. The summed E-state index contributed by atoms with van der Waals surface area (Å²) in [6.07, 6.45) is 1.31. The molecule has 94 valence electrons. The number of rotatable bonds is 5. The Bertz CT molecular complexity index is 398. The van der Waals surface area contributed by atoms with E-state index in [1.165, 1.54) is 17.2 Å². The second-order valence-corrected chi connectivity index (χ2v) is 3.48. The van der Waals surface area contributed by atoms with E-state index in [2.05, 4.69) is 4.98 Å². The number of anilines is 1. The van der Waals surface area contributed by atoms with Crippen molar-refractivity contribution in [2.75, 3.05) is 32.5 Å². The Kier molecular flexibility index (Phi) is 4.84. The highest BCUT2D eigenvalue weighted by Crippen LogP contribution is 2.13. The van der Waals surface area contributed by atoms with E-state index in [0.717, 1.165) is 0 Å². The Morgan fingerprint density at radius 3 is 3.00 bits per heavy atom. The highest BCUT2D eigenvalue weighted by atomic mass is 19.1. The first-order valence-corrected chi connectivity index (χ1v) is 5.31. The molecular weight excluding hydrogens is 225 g/mol. The molecule has 1 aromatic rings. The minimum absolute atomic E-state index is 0.0727. The van der Waals surface area contributed by atoms with Crippen molar-refractivity contribution in [3.63, 3.8) is 0 Å². The normalized spacial score (nSPS) is 10.3. The van der Waals surface area contributed by atoms with Crippen LogP contribution in [0.3, 0.4) is 0 Å². The number of ether oxygens (including phenoxy) is 1. The number of aromatic nitrogens is 1. The topological polar surface area (TPSA) is 68.5 Å².